The Morgan fingerprint density at radius 1 is 1.06 bits per heavy atom. The van der Waals surface area contributed by atoms with E-state index in [1.165, 1.54) is 17.7 Å². The molecule has 0 aliphatic heterocycles. The summed E-state index contributed by atoms with van der Waals surface area (Å²) in [5.41, 5.74) is 2.86. The molecule has 0 atom stereocenters. The molecule has 3 heteroatoms. The molecule has 0 radical (unpaired) electrons. The van der Waals surface area contributed by atoms with E-state index in [1.807, 2.05) is 37.4 Å². The summed E-state index contributed by atoms with van der Waals surface area (Å²) in [5.74, 6) is -0.258. The molecular formula is C14H11FN2. The SMILES string of the molecule is Cc1ccc(-n2cc3ccc(F)cc3n2)cc1. The van der Waals surface area contributed by atoms with E-state index in [2.05, 4.69) is 5.10 Å². The number of aryl methyl sites for hydroxylation is 1. The van der Waals surface area contributed by atoms with Gasteiger partial charge in [-0.3, -0.25) is 0 Å². The third kappa shape index (κ3) is 1.80. The minimum absolute atomic E-state index is 0.258. The highest BCUT2D eigenvalue weighted by Gasteiger charge is 2.03. The van der Waals surface area contributed by atoms with Crippen LogP contribution in [0.3, 0.4) is 0 Å². The Morgan fingerprint density at radius 3 is 2.59 bits per heavy atom. The number of benzene rings is 2. The van der Waals surface area contributed by atoms with E-state index in [0.717, 1.165) is 11.1 Å². The molecule has 0 bridgehead atoms. The van der Waals surface area contributed by atoms with Gasteiger partial charge in [0.15, 0.2) is 0 Å². The Morgan fingerprint density at radius 2 is 1.82 bits per heavy atom. The molecule has 0 fully saturated rings. The van der Waals surface area contributed by atoms with Gasteiger partial charge in [0.25, 0.3) is 0 Å². The molecule has 0 aliphatic rings. The summed E-state index contributed by atoms with van der Waals surface area (Å²) in [7, 11) is 0. The zero-order valence-corrected chi connectivity index (χ0v) is 9.39. The van der Waals surface area contributed by atoms with Crippen LogP contribution in [0.1, 0.15) is 5.56 Å². The van der Waals surface area contributed by atoms with E-state index in [1.54, 1.807) is 10.7 Å². The summed E-state index contributed by atoms with van der Waals surface area (Å²) in [5, 5.41) is 5.29. The quantitative estimate of drug-likeness (QED) is 0.621. The summed E-state index contributed by atoms with van der Waals surface area (Å²) in [6.45, 7) is 2.04. The van der Waals surface area contributed by atoms with Crippen LogP contribution in [0.25, 0.3) is 16.6 Å². The number of fused-ring (bicyclic) bond motifs is 1. The second kappa shape index (κ2) is 3.70. The van der Waals surface area contributed by atoms with Crippen LogP contribution in [0.2, 0.25) is 0 Å². The van der Waals surface area contributed by atoms with Gasteiger partial charge in [-0.2, -0.15) is 5.10 Å². The van der Waals surface area contributed by atoms with Gasteiger partial charge >= 0.3 is 0 Å². The number of halogens is 1. The van der Waals surface area contributed by atoms with Crippen LogP contribution >= 0.6 is 0 Å². The first kappa shape index (κ1) is 10.0. The maximum absolute atomic E-state index is 13.1. The molecule has 0 saturated carbocycles. The van der Waals surface area contributed by atoms with Crippen LogP contribution in [-0.2, 0) is 0 Å². The molecule has 0 unspecified atom stereocenters. The Hall–Kier alpha value is -2.16. The van der Waals surface area contributed by atoms with Crippen LogP contribution in [0.5, 0.6) is 0 Å². The second-order valence-corrected chi connectivity index (χ2v) is 4.11. The molecule has 3 aromatic rings. The smallest absolute Gasteiger partial charge is 0.125 e. The fourth-order valence-corrected chi connectivity index (χ4v) is 1.82. The predicted octanol–water partition coefficient (Wildman–Crippen LogP) is 3.47. The van der Waals surface area contributed by atoms with Crippen LogP contribution in [-0.4, -0.2) is 9.78 Å². The second-order valence-electron chi connectivity index (χ2n) is 4.11. The maximum Gasteiger partial charge on any atom is 0.125 e. The Kier molecular flexibility index (Phi) is 2.18. The fraction of sp³-hybridized carbons (Fsp3) is 0.0714. The summed E-state index contributed by atoms with van der Waals surface area (Å²) < 4.78 is 14.8. The lowest BCUT2D eigenvalue weighted by Gasteiger charge is -2.00. The normalized spacial score (nSPS) is 10.9. The third-order valence-electron chi connectivity index (χ3n) is 2.77. The highest BCUT2D eigenvalue weighted by atomic mass is 19.1. The minimum atomic E-state index is -0.258. The van der Waals surface area contributed by atoms with Gasteiger partial charge in [-0.15, -0.1) is 0 Å². The monoisotopic (exact) mass is 226 g/mol. The van der Waals surface area contributed by atoms with E-state index in [-0.39, 0.29) is 5.82 Å². The lowest BCUT2D eigenvalue weighted by Crippen LogP contribution is -1.93. The van der Waals surface area contributed by atoms with Crippen molar-refractivity contribution in [2.24, 2.45) is 0 Å². The van der Waals surface area contributed by atoms with E-state index in [0.29, 0.717) is 5.52 Å². The van der Waals surface area contributed by atoms with Crippen molar-refractivity contribution >= 4 is 10.9 Å². The largest absolute Gasteiger partial charge is 0.240 e. The van der Waals surface area contributed by atoms with Crippen molar-refractivity contribution in [1.29, 1.82) is 0 Å². The lowest BCUT2D eigenvalue weighted by molar-refractivity contribution is 0.629. The van der Waals surface area contributed by atoms with Crippen molar-refractivity contribution in [2.45, 2.75) is 6.92 Å². The van der Waals surface area contributed by atoms with Gasteiger partial charge in [0, 0.05) is 17.6 Å². The third-order valence-corrected chi connectivity index (χ3v) is 2.77. The first-order valence-corrected chi connectivity index (χ1v) is 5.44. The van der Waals surface area contributed by atoms with E-state index >= 15 is 0 Å². The molecule has 0 aliphatic carbocycles. The molecule has 0 saturated heterocycles. The van der Waals surface area contributed by atoms with E-state index < -0.39 is 0 Å². The highest BCUT2D eigenvalue weighted by molar-refractivity contribution is 5.78. The number of hydrogen-bond donors (Lipinski definition) is 0. The lowest BCUT2D eigenvalue weighted by atomic mass is 10.2. The number of hydrogen-bond acceptors (Lipinski definition) is 1. The maximum atomic E-state index is 13.1. The average Bonchev–Trinajstić information content (AvgIpc) is 2.72. The van der Waals surface area contributed by atoms with Crippen molar-refractivity contribution in [1.82, 2.24) is 9.78 Å². The molecule has 0 amide bonds. The van der Waals surface area contributed by atoms with Crippen molar-refractivity contribution in [3.05, 3.63) is 60.0 Å². The molecule has 3 rings (SSSR count). The summed E-state index contributed by atoms with van der Waals surface area (Å²) in [6, 6.07) is 12.7. The zero-order chi connectivity index (χ0) is 11.8. The van der Waals surface area contributed by atoms with Gasteiger partial charge in [0.05, 0.1) is 11.2 Å². The van der Waals surface area contributed by atoms with Crippen molar-refractivity contribution in [3.63, 3.8) is 0 Å². The van der Waals surface area contributed by atoms with Crippen LogP contribution < -0.4 is 0 Å². The Balaban J connectivity index is 2.14. The van der Waals surface area contributed by atoms with Crippen molar-refractivity contribution < 1.29 is 4.39 Å². The average molecular weight is 226 g/mol. The van der Waals surface area contributed by atoms with Crippen LogP contribution in [0.15, 0.2) is 48.7 Å². The predicted molar refractivity (Wildman–Crippen MR) is 65.8 cm³/mol. The van der Waals surface area contributed by atoms with Gasteiger partial charge < -0.3 is 0 Å². The highest BCUT2D eigenvalue weighted by Crippen LogP contribution is 2.17. The Labute approximate surface area is 98.3 Å². The van der Waals surface area contributed by atoms with E-state index in [9.17, 15) is 4.39 Å². The fourth-order valence-electron chi connectivity index (χ4n) is 1.82. The molecule has 2 aromatic carbocycles. The molecule has 84 valence electrons. The number of aromatic nitrogens is 2. The summed E-state index contributed by atoms with van der Waals surface area (Å²) >= 11 is 0. The number of nitrogens with zero attached hydrogens (tertiary/aromatic N) is 2. The minimum Gasteiger partial charge on any atom is -0.240 e. The number of rotatable bonds is 1. The van der Waals surface area contributed by atoms with Gasteiger partial charge in [0.1, 0.15) is 5.82 Å². The van der Waals surface area contributed by atoms with Crippen LogP contribution in [0, 0.1) is 12.7 Å². The molecule has 17 heavy (non-hydrogen) atoms. The first-order valence-electron chi connectivity index (χ1n) is 5.44. The van der Waals surface area contributed by atoms with Gasteiger partial charge in [-0.05, 0) is 31.2 Å². The molecule has 1 aromatic heterocycles. The standard InChI is InChI=1S/C14H11FN2/c1-10-2-6-13(7-3-10)17-9-11-4-5-12(15)8-14(11)16-17/h2-9H,1H3. The molecular weight excluding hydrogens is 215 g/mol. The first-order chi connectivity index (χ1) is 8.22. The Bertz CT molecular complexity index is 668. The van der Waals surface area contributed by atoms with Gasteiger partial charge in [0.2, 0.25) is 0 Å². The van der Waals surface area contributed by atoms with Crippen molar-refractivity contribution in [2.75, 3.05) is 0 Å². The molecule has 2 nitrogen and oxygen atoms in total. The van der Waals surface area contributed by atoms with Crippen molar-refractivity contribution in [3.8, 4) is 5.69 Å². The van der Waals surface area contributed by atoms with E-state index in [4.69, 9.17) is 0 Å². The van der Waals surface area contributed by atoms with Crippen LogP contribution in [0.4, 0.5) is 4.39 Å². The summed E-state index contributed by atoms with van der Waals surface area (Å²) in [4.78, 5) is 0. The van der Waals surface area contributed by atoms with Gasteiger partial charge in [-0.1, -0.05) is 17.7 Å². The topological polar surface area (TPSA) is 17.8 Å². The molecule has 0 N–H and O–H groups in total. The molecule has 0 spiro atoms. The summed E-state index contributed by atoms with van der Waals surface area (Å²) in [6.07, 6.45) is 1.90. The van der Waals surface area contributed by atoms with Gasteiger partial charge in [-0.25, -0.2) is 9.07 Å². The molecule has 1 heterocycles. The zero-order valence-electron chi connectivity index (χ0n) is 9.39.